The Morgan fingerprint density at radius 3 is 2.63 bits per heavy atom. The largest absolute Gasteiger partial charge is 0.497 e. The first-order valence-corrected chi connectivity index (χ1v) is 8.99. The van der Waals surface area contributed by atoms with Gasteiger partial charge in [-0.15, -0.1) is 0 Å². The van der Waals surface area contributed by atoms with Crippen LogP contribution in [0.25, 0.3) is 10.9 Å². The molecule has 0 aliphatic carbocycles. The molecule has 1 aliphatic rings. The Hall–Kier alpha value is -2.86. The summed E-state index contributed by atoms with van der Waals surface area (Å²) in [6.07, 6.45) is -0.724. The van der Waals surface area contributed by atoms with Gasteiger partial charge in [0.05, 0.1) is 24.1 Å². The Bertz CT molecular complexity index is 1100. The molecule has 27 heavy (non-hydrogen) atoms. The summed E-state index contributed by atoms with van der Waals surface area (Å²) >= 11 is 0. The zero-order chi connectivity index (χ0) is 19.3. The van der Waals surface area contributed by atoms with E-state index in [1.54, 1.807) is 25.6 Å². The summed E-state index contributed by atoms with van der Waals surface area (Å²) in [4.78, 5) is 20.0. The number of aromatic nitrogens is 2. The van der Waals surface area contributed by atoms with Crippen LogP contribution in [0.2, 0.25) is 0 Å². The van der Waals surface area contributed by atoms with E-state index in [2.05, 4.69) is 11.0 Å². The molecule has 3 aromatic rings. The van der Waals surface area contributed by atoms with Crippen LogP contribution >= 0.6 is 0 Å². The number of hydrogen-bond acceptors (Lipinski definition) is 5. The van der Waals surface area contributed by atoms with Gasteiger partial charge in [0.15, 0.2) is 0 Å². The predicted octanol–water partition coefficient (Wildman–Crippen LogP) is 2.82. The number of rotatable bonds is 3. The molecule has 2 aromatic carbocycles. The summed E-state index contributed by atoms with van der Waals surface area (Å²) in [5, 5.41) is 10.7. The third-order valence-corrected chi connectivity index (χ3v) is 5.32. The van der Waals surface area contributed by atoms with Crippen molar-refractivity contribution in [1.29, 1.82) is 0 Å². The Kier molecular flexibility index (Phi) is 4.15. The number of methoxy groups -OCH3 is 1. The minimum Gasteiger partial charge on any atom is -0.497 e. The molecule has 1 aromatic heterocycles. The third kappa shape index (κ3) is 2.77. The lowest BCUT2D eigenvalue weighted by Crippen LogP contribution is -2.29. The van der Waals surface area contributed by atoms with Gasteiger partial charge in [0, 0.05) is 20.1 Å². The second kappa shape index (κ2) is 6.39. The molecule has 1 atom stereocenters. The van der Waals surface area contributed by atoms with Gasteiger partial charge in [-0.05, 0) is 54.3 Å². The topological polar surface area (TPSA) is 67.6 Å². The van der Waals surface area contributed by atoms with E-state index >= 15 is 0 Å². The highest BCUT2D eigenvalue weighted by Gasteiger charge is 2.25. The van der Waals surface area contributed by atoms with Gasteiger partial charge in [0.1, 0.15) is 5.75 Å². The van der Waals surface area contributed by atoms with E-state index in [1.807, 2.05) is 31.2 Å². The highest BCUT2D eigenvalue weighted by molar-refractivity contribution is 5.84. The van der Waals surface area contributed by atoms with Crippen LogP contribution < -0.4 is 15.2 Å². The zero-order valence-corrected chi connectivity index (χ0v) is 16.0. The summed E-state index contributed by atoms with van der Waals surface area (Å²) in [7, 11) is 3.40. The molecule has 6 nitrogen and oxygen atoms in total. The number of hydrogen-bond donors (Lipinski definition) is 1. The number of ether oxygens (including phenoxy) is 1. The molecule has 1 unspecified atom stereocenters. The van der Waals surface area contributed by atoms with Crippen molar-refractivity contribution >= 4 is 16.9 Å². The summed E-state index contributed by atoms with van der Waals surface area (Å²) in [6.45, 7) is 4.95. The lowest BCUT2D eigenvalue weighted by Gasteiger charge is -2.21. The van der Waals surface area contributed by atoms with Crippen LogP contribution in [0.4, 0.5) is 5.95 Å². The van der Waals surface area contributed by atoms with Crippen molar-refractivity contribution in [2.24, 2.45) is 7.05 Å². The van der Waals surface area contributed by atoms with Crippen LogP contribution in [0.15, 0.2) is 35.1 Å². The Morgan fingerprint density at radius 2 is 1.93 bits per heavy atom. The van der Waals surface area contributed by atoms with Crippen LogP contribution in [-0.2, 0) is 20.1 Å². The summed E-state index contributed by atoms with van der Waals surface area (Å²) in [6, 6.07) is 9.80. The molecule has 0 radical (unpaired) electrons. The third-order valence-electron chi connectivity index (χ3n) is 5.32. The van der Waals surface area contributed by atoms with E-state index in [-0.39, 0.29) is 5.56 Å². The number of aliphatic hydroxyl groups excluding tert-OH is 1. The summed E-state index contributed by atoms with van der Waals surface area (Å²) in [5.74, 6) is 1.45. The maximum absolute atomic E-state index is 13.1. The van der Waals surface area contributed by atoms with Crippen LogP contribution in [0.1, 0.15) is 35.3 Å². The number of benzene rings is 2. The molecule has 140 valence electrons. The molecular weight excluding hydrogens is 342 g/mol. The first kappa shape index (κ1) is 17.5. The zero-order valence-electron chi connectivity index (χ0n) is 16.0. The first-order chi connectivity index (χ1) is 12.9. The van der Waals surface area contributed by atoms with Gasteiger partial charge in [-0.1, -0.05) is 12.1 Å². The fraction of sp³-hybridized carbons (Fsp3) is 0.333. The van der Waals surface area contributed by atoms with Crippen LogP contribution in [0.5, 0.6) is 5.75 Å². The molecule has 0 fully saturated rings. The monoisotopic (exact) mass is 365 g/mol. The quantitative estimate of drug-likeness (QED) is 0.773. The number of fused-ring (bicyclic) bond motifs is 2. The molecular formula is C21H23N3O3. The van der Waals surface area contributed by atoms with E-state index in [0.29, 0.717) is 35.5 Å². The predicted molar refractivity (Wildman–Crippen MR) is 105 cm³/mol. The lowest BCUT2D eigenvalue weighted by atomic mass is 9.99. The van der Waals surface area contributed by atoms with Crippen molar-refractivity contribution in [3.05, 3.63) is 62.9 Å². The lowest BCUT2D eigenvalue weighted by molar-refractivity contribution is 0.200. The van der Waals surface area contributed by atoms with Crippen LogP contribution in [0.3, 0.4) is 0 Å². The Labute approximate surface area is 157 Å². The molecule has 0 bridgehead atoms. The van der Waals surface area contributed by atoms with Crippen molar-refractivity contribution in [2.75, 3.05) is 12.0 Å². The average molecular weight is 365 g/mol. The minimum absolute atomic E-state index is 0.136. The number of nitrogens with zero attached hydrogens (tertiary/aromatic N) is 3. The van der Waals surface area contributed by atoms with E-state index in [9.17, 15) is 9.90 Å². The highest BCUT2D eigenvalue weighted by Crippen LogP contribution is 2.31. The highest BCUT2D eigenvalue weighted by atomic mass is 16.5. The minimum atomic E-state index is -0.724. The molecule has 0 saturated carbocycles. The number of aliphatic hydroxyl groups is 1. The number of aryl methyl sites for hydroxylation is 1. The standard InChI is InChI=1S/C21H23N3O3/c1-12-5-8-17-19(18(12)13(2)25)20(26)23(3)21(22-17)24-10-14-6-7-16(27-4)9-15(14)11-24/h5-9,13,25H,10-11H2,1-4H3. The van der Waals surface area contributed by atoms with Crippen molar-refractivity contribution in [2.45, 2.75) is 33.0 Å². The van der Waals surface area contributed by atoms with Crippen molar-refractivity contribution in [3.8, 4) is 5.75 Å². The normalized spacial score (nSPS) is 14.5. The van der Waals surface area contributed by atoms with Crippen molar-refractivity contribution in [3.63, 3.8) is 0 Å². The van der Waals surface area contributed by atoms with E-state index in [4.69, 9.17) is 9.72 Å². The van der Waals surface area contributed by atoms with Crippen molar-refractivity contribution in [1.82, 2.24) is 9.55 Å². The van der Waals surface area contributed by atoms with Crippen molar-refractivity contribution < 1.29 is 9.84 Å². The Morgan fingerprint density at radius 1 is 1.19 bits per heavy atom. The molecule has 0 spiro atoms. The molecule has 4 rings (SSSR count). The van der Waals surface area contributed by atoms with E-state index in [0.717, 1.165) is 11.3 Å². The van der Waals surface area contributed by atoms with Crippen LogP contribution in [0, 0.1) is 6.92 Å². The van der Waals surface area contributed by atoms with Gasteiger partial charge in [0.2, 0.25) is 5.95 Å². The summed E-state index contributed by atoms with van der Waals surface area (Å²) < 4.78 is 6.89. The van der Waals surface area contributed by atoms with Gasteiger partial charge >= 0.3 is 0 Å². The van der Waals surface area contributed by atoms with E-state index < -0.39 is 6.10 Å². The molecule has 1 N–H and O–H groups in total. The summed E-state index contributed by atoms with van der Waals surface area (Å²) in [5.41, 5.74) is 4.41. The Balaban J connectivity index is 1.84. The SMILES string of the molecule is COc1ccc2c(c1)CN(c1nc3ccc(C)c(C(C)O)c3c(=O)n1C)C2. The fourth-order valence-electron chi connectivity index (χ4n) is 3.93. The maximum Gasteiger partial charge on any atom is 0.262 e. The maximum atomic E-state index is 13.1. The molecule has 2 heterocycles. The van der Waals surface area contributed by atoms with Gasteiger partial charge in [-0.25, -0.2) is 4.98 Å². The molecule has 0 saturated heterocycles. The van der Waals surface area contributed by atoms with E-state index in [1.165, 1.54) is 11.1 Å². The van der Waals surface area contributed by atoms with Gasteiger partial charge < -0.3 is 14.7 Å². The molecule has 1 aliphatic heterocycles. The first-order valence-electron chi connectivity index (χ1n) is 8.99. The molecule has 6 heteroatoms. The fourth-order valence-corrected chi connectivity index (χ4v) is 3.93. The number of anilines is 1. The smallest absolute Gasteiger partial charge is 0.262 e. The average Bonchev–Trinajstić information content (AvgIpc) is 3.07. The molecule has 0 amide bonds. The van der Waals surface area contributed by atoms with Gasteiger partial charge in [-0.3, -0.25) is 9.36 Å². The second-order valence-electron chi connectivity index (χ2n) is 7.13. The van der Waals surface area contributed by atoms with Crippen LogP contribution in [-0.4, -0.2) is 21.8 Å². The van der Waals surface area contributed by atoms with Gasteiger partial charge in [-0.2, -0.15) is 0 Å². The second-order valence-corrected chi connectivity index (χ2v) is 7.13. The van der Waals surface area contributed by atoms with Gasteiger partial charge in [0.25, 0.3) is 5.56 Å².